The first kappa shape index (κ1) is 22.6. The first-order valence-corrected chi connectivity index (χ1v) is 12.8. The monoisotopic (exact) mass is 471 g/mol. The van der Waals surface area contributed by atoms with Crippen LogP contribution in [-0.4, -0.2) is 42.2 Å². The number of aryl methyl sites for hydroxylation is 2. The van der Waals surface area contributed by atoms with Gasteiger partial charge in [-0.1, -0.05) is 35.9 Å². The van der Waals surface area contributed by atoms with E-state index in [0.29, 0.717) is 30.1 Å². The molecule has 1 N–H and O–H groups in total. The molecule has 1 saturated heterocycles. The predicted octanol–water partition coefficient (Wildman–Crippen LogP) is 4.15. The summed E-state index contributed by atoms with van der Waals surface area (Å²) < 4.78 is 25.9. The molecule has 1 amide bonds. The van der Waals surface area contributed by atoms with Crippen molar-refractivity contribution in [3.05, 3.63) is 75.9 Å². The SMILES string of the molecule is Cc1ccc(-c2cc(C(=O)NCCc3ccc(Cl)cc3)nn2[C@H]2CCS(=O)(=O)C2)cc1C. The van der Waals surface area contributed by atoms with Gasteiger partial charge in [0.15, 0.2) is 15.5 Å². The lowest BCUT2D eigenvalue weighted by molar-refractivity contribution is 0.0948. The molecule has 32 heavy (non-hydrogen) atoms. The Hall–Kier alpha value is -2.64. The van der Waals surface area contributed by atoms with Crippen molar-refractivity contribution >= 4 is 27.3 Å². The maximum absolute atomic E-state index is 12.8. The van der Waals surface area contributed by atoms with Gasteiger partial charge in [-0.05, 0) is 67.6 Å². The van der Waals surface area contributed by atoms with Crippen molar-refractivity contribution in [2.24, 2.45) is 0 Å². The molecule has 2 aromatic carbocycles. The molecule has 0 saturated carbocycles. The van der Waals surface area contributed by atoms with Crippen LogP contribution < -0.4 is 5.32 Å². The molecule has 0 unspecified atom stereocenters. The summed E-state index contributed by atoms with van der Waals surface area (Å²) in [5, 5.41) is 8.14. The summed E-state index contributed by atoms with van der Waals surface area (Å²) >= 11 is 5.92. The average molecular weight is 472 g/mol. The number of hydrogen-bond acceptors (Lipinski definition) is 4. The van der Waals surface area contributed by atoms with E-state index in [9.17, 15) is 13.2 Å². The minimum Gasteiger partial charge on any atom is -0.350 e. The summed E-state index contributed by atoms with van der Waals surface area (Å²) in [5.41, 5.74) is 5.35. The standard InChI is InChI=1S/C24H26ClN3O3S/c1-16-3-6-19(13-17(16)2)23-14-22(27-28(23)21-10-12-32(30,31)15-21)24(29)26-11-9-18-4-7-20(25)8-5-18/h3-8,13-14,21H,9-12,15H2,1-2H3,(H,26,29)/t21-/m0/s1. The van der Waals surface area contributed by atoms with Crippen LogP contribution >= 0.6 is 11.6 Å². The number of amides is 1. The Balaban J connectivity index is 1.57. The van der Waals surface area contributed by atoms with Gasteiger partial charge < -0.3 is 5.32 Å². The van der Waals surface area contributed by atoms with E-state index in [4.69, 9.17) is 11.6 Å². The van der Waals surface area contributed by atoms with Crippen LogP contribution in [0.3, 0.4) is 0 Å². The van der Waals surface area contributed by atoms with E-state index in [1.54, 1.807) is 10.7 Å². The lowest BCUT2D eigenvalue weighted by Crippen LogP contribution is -2.26. The van der Waals surface area contributed by atoms with Gasteiger partial charge in [0.2, 0.25) is 0 Å². The number of sulfone groups is 1. The summed E-state index contributed by atoms with van der Waals surface area (Å²) in [6.07, 6.45) is 1.17. The van der Waals surface area contributed by atoms with Crippen LogP contribution in [0.4, 0.5) is 0 Å². The van der Waals surface area contributed by atoms with Crippen LogP contribution in [0.25, 0.3) is 11.3 Å². The van der Waals surface area contributed by atoms with Gasteiger partial charge in [0.1, 0.15) is 0 Å². The number of carbonyl (C=O) groups is 1. The Morgan fingerprint density at radius 2 is 1.88 bits per heavy atom. The van der Waals surface area contributed by atoms with Crippen molar-refractivity contribution in [3.8, 4) is 11.3 Å². The summed E-state index contributed by atoms with van der Waals surface area (Å²) in [7, 11) is -3.09. The molecule has 6 nitrogen and oxygen atoms in total. The minimum absolute atomic E-state index is 0.0458. The van der Waals surface area contributed by atoms with Crippen LogP contribution in [0, 0.1) is 13.8 Å². The second kappa shape index (κ2) is 9.08. The number of nitrogens with zero attached hydrogens (tertiary/aromatic N) is 2. The predicted molar refractivity (Wildman–Crippen MR) is 127 cm³/mol. The van der Waals surface area contributed by atoms with Crippen LogP contribution in [0.5, 0.6) is 0 Å². The normalized spacial score (nSPS) is 17.4. The maximum Gasteiger partial charge on any atom is 0.271 e. The van der Waals surface area contributed by atoms with E-state index < -0.39 is 9.84 Å². The Morgan fingerprint density at radius 3 is 2.53 bits per heavy atom. The molecule has 0 spiro atoms. The zero-order chi connectivity index (χ0) is 22.9. The Kier molecular flexibility index (Phi) is 6.40. The Morgan fingerprint density at radius 1 is 1.12 bits per heavy atom. The quantitative estimate of drug-likeness (QED) is 0.585. The van der Waals surface area contributed by atoms with Gasteiger partial charge in [0, 0.05) is 17.1 Å². The fourth-order valence-corrected chi connectivity index (χ4v) is 5.75. The van der Waals surface area contributed by atoms with E-state index in [1.807, 2.05) is 50.2 Å². The molecule has 1 atom stereocenters. The lowest BCUT2D eigenvalue weighted by atomic mass is 10.0. The topological polar surface area (TPSA) is 81.1 Å². The largest absolute Gasteiger partial charge is 0.350 e. The van der Waals surface area contributed by atoms with Crippen molar-refractivity contribution in [2.45, 2.75) is 32.7 Å². The molecule has 3 aromatic rings. The number of aromatic nitrogens is 2. The smallest absolute Gasteiger partial charge is 0.271 e. The molecule has 4 rings (SSSR count). The highest BCUT2D eigenvalue weighted by Crippen LogP contribution is 2.31. The van der Waals surface area contributed by atoms with Gasteiger partial charge in [0.05, 0.1) is 23.2 Å². The van der Waals surface area contributed by atoms with Gasteiger partial charge in [0.25, 0.3) is 5.91 Å². The molecule has 168 valence electrons. The number of nitrogens with one attached hydrogen (secondary N) is 1. The molecule has 8 heteroatoms. The zero-order valence-electron chi connectivity index (χ0n) is 18.1. The third-order valence-electron chi connectivity index (χ3n) is 5.94. The van der Waals surface area contributed by atoms with E-state index in [2.05, 4.69) is 16.5 Å². The first-order valence-electron chi connectivity index (χ1n) is 10.6. The summed E-state index contributed by atoms with van der Waals surface area (Å²) in [5.74, 6) is -0.0833. The molecule has 2 heterocycles. The number of halogens is 1. The number of benzene rings is 2. The minimum atomic E-state index is -3.09. The molecule has 1 aliphatic heterocycles. The van der Waals surface area contributed by atoms with Gasteiger partial charge in [-0.15, -0.1) is 0 Å². The maximum atomic E-state index is 12.8. The van der Waals surface area contributed by atoms with Crippen molar-refractivity contribution in [1.29, 1.82) is 0 Å². The Bertz CT molecular complexity index is 1250. The summed E-state index contributed by atoms with van der Waals surface area (Å²) in [4.78, 5) is 12.8. The number of hydrogen-bond donors (Lipinski definition) is 1. The number of carbonyl (C=O) groups excluding carboxylic acids is 1. The Labute approximate surface area is 193 Å². The van der Waals surface area contributed by atoms with Crippen molar-refractivity contribution in [1.82, 2.24) is 15.1 Å². The molecule has 1 fully saturated rings. The first-order chi connectivity index (χ1) is 15.2. The highest BCUT2D eigenvalue weighted by Gasteiger charge is 2.32. The molecule has 0 bridgehead atoms. The molecule has 0 aliphatic carbocycles. The highest BCUT2D eigenvalue weighted by atomic mass is 35.5. The molecular weight excluding hydrogens is 446 g/mol. The van der Waals surface area contributed by atoms with Crippen LogP contribution in [0.15, 0.2) is 48.5 Å². The fraction of sp³-hybridized carbons (Fsp3) is 0.333. The average Bonchev–Trinajstić information content (AvgIpc) is 3.35. The third-order valence-corrected chi connectivity index (χ3v) is 7.94. The molecule has 1 aromatic heterocycles. The second-order valence-corrected chi connectivity index (χ2v) is 11.0. The van der Waals surface area contributed by atoms with Gasteiger partial charge >= 0.3 is 0 Å². The van der Waals surface area contributed by atoms with Crippen molar-refractivity contribution in [2.75, 3.05) is 18.1 Å². The van der Waals surface area contributed by atoms with E-state index in [1.165, 1.54) is 5.56 Å². The third kappa shape index (κ3) is 5.05. The van der Waals surface area contributed by atoms with Gasteiger partial charge in [-0.25, -0.2) is 8.42 Å². The van der Waals surface area contributed by atoms with E-state index in [-0.39, 0.29) is 23.5 Å². The second-order valence-electron chi connectivity index (χ2n) is 8.35. The van der Waals surface area contributed by atoms with Crippen LogP contribution in [0.2, 0.25) is 5.02 Å². The molecule has 1 aliphatic rings. The van der Waals surface area contributed by atoms with Crippen LogP contribution in [0.1, 0.15) is 39.6 Å². The van der Waals surface area contributed by atoms with Gasteiger partial charge in [-0.2, -0.15) is 5.10 Å². The zero-order valence-corrected chi connectivity index (χ0v) is 19.7. The van der Waals surface area contributed by atoms with E-state index >= 15 is 0 Å². The van der Waals surface area contributed by atoms with Crippen LogP contribution in [-0.2, 0) is 16.3 Å². The summed E-state index contributed by atoms with van der Waals surface area (Å²) in [6.45, 7) is 4.54. The highest BCUT2D eigenvalue weighted by molar-refractivity contribution is 7.91. The van der Waals surface area contributed by atoms with Gasteiger partial charge in [-0.3, -0.25) is 9.48 Å². The van der Waals surface area contributed by atoms with Crippen molar-refractivity contribution < 1.29 is 13.2 Å². The number of rotatable bonds is 6. The molecule has 0 radical (unpaired) electrons. The van der Waals surface area contributed by atoms with Crippen molar-refractivity contribution in [3.63, 3.8) is 0 Å². The summed E-state index contributed by atoms with van der Waals surface area (Å²) in [6, 6.07) is 15.1. The fourth-order valence-electron chi connectivity index (χ4n) is 3.93. The molecular formula is C24H26ClN3O3S. The lowest BCUT2D eigenvalue weighted by Gasteiger charge is -2.14. The van der Waals surface area contributed by atoms with E-state index in [0.717, 1.165) is 22.4 Å².